The Morgan fingerprint density at radius 2 is 1.23 bits per heavy atom. The quantitative estimate of drug-likeness (QED) is 0.109. The van der Waals surface area contributed by atoms with E-state index in [0.717, 1.165) is 24.0 Å². The van der Waals surface area contributed by atoms with E-state index in [1.54, 1.807) is 0 Å². The maximum Gasteiger partial charge on any atom is 0.313 e. The molecule has 0 aliphatic rings. The second-order valence-corrected chi connectivity index (χ2v) is 13.4. The van der Waals surface area contributed by atoms with Gasteiger partial charge >= 0.3 is 10.1 Å². The number of rotatable bonds is 18. The first-order valence-corrected chi connectivity index (χ1v) is 16.0. The molecule has 0 aromatic heterocycles. The van der Waals surface area contributed by atoms with Crippen LogP contribution in [0.3, 0.4) is 0 Å². The van der Waals surface area contributed by atoms with E-state index in [1.165, 1.54) is 56.9 Å². The third-order valence-corrected chi connectivity index (χ3v) is 8.71. The molecule has 0 saturated carbocycles. The molecule has 1 aromatic carbocycles. The van der Waals surface area contributed by atoms with Crippen molar-refractivity contribution >= 4 is 27.2 Å². The van der Waals surface area contributed by atoms with Gasteiger partial charge < -0.3 is 4.18 Å². The largest absolute Gasteiger partial charge is 0.382 e. The molecule has 0 aliphatic heterocycles. The summed E-state index contributed by atoms with van der Waals surface area (Å²) in [6, 6.07) is 4.22. The Labute approximate surface area is 222 Å². The summed E-state index contributed by atoms with van der Waals surface area (Å²) >= 11 is 5.57. The summed E-state index contributed by atoms with van der Waals surface area (Å²) in [5.41, 5.74) is 3.13. The van der Waals surface area contributed by atoms with Crippen LogP contribution in [0.4, 0.5) is 0 Å². The summed E-state index contributed by atoms with van der Waals surface area (Å²) in [6.45, 7) is 17.0. The number of benzene rings is 1. The standard InChI is InChI=1S/C30H52O3S2/c1-9-10-11-12-13-14-15-16-17-18-25(8)29(34)21-35(31,32)33-30-27(23(4)5)19-26(22(2)3)20-28(30)24(6)7/h19-20,22-25H,9-18,21H2,1-8H3. The van der Waals surface area contributed by atoms with Gasteiger partial charge in [-0.1, -0.05) is 138 Å². The smallest absolute Gasteiger partial charge is 0.313 e. The molecule has 0 fully saturated rings. The molecule has 0 spiro atoms. The van der Waals surface area contributed by atoms with Gasteiger partial charge in [0.1, 0.15) is 11.5 Å². The lowest BCUT2D eigenvalue weighted by molar-refractivity contribution is 0.479. The molecule has 202 valence electrons. The minimum absolute atomic E-state index is 0.102. The Morgan fingerprint density at radius 3 is 1.66 bits per heavy atom. The van der Waals surface area contributed by atoms with Gasteiger partial charge in [-0.25, -0.2) is 0 Å². The third kappa shape index (κ3) is 11.8. The molecule has 0 N–H and O–H groups in total. The van der Waals surface area contributed by atoms with Crippen molar-refractivity contribution in [2.24, 2.45) is 5.92 Å². The first-order valence-electron chi connectivity index (χ1n) is 14.0. The fraction of sp³-hybridized carbons (Fsp3) is 0.767. The number of thiocarbonyl (C=S) groups is 1. The molecule has 5 heteroatoms. The van der Waals surface area contributed by atoms with Gasteiger partial charge in [0, 0.05) is 4.86 Å². The predicted molar refractivity (Wildman–Crippen MR) is 157 cm³/mol. The molecule has 0 heterocycles. The van der Waals surface area contributed by atoms with E-state index in [-0.39, 0.29) is 23.5 Å². The summed E-state index contributed by atoms with van der Waals surface area (Å²) in [7, 11) is -3.82. The Bertz CT molecular complexity index is 841. The van der Waals surface area contributed by atoms with Gasteiger partial charge in [-0.15, -0.1) is 0 Å². The van der Waals surface area contributed by atoms with Crippen molar-refractivity contribution in [3.05, 3.63) is 28.8 Å². The molecule has 0 saturated heterocycles. The normalized spacial score (nSPS) is 13.1. The monoisotopic (exact) mass is 524 g/mol. The highest BCUT2D eigenvalue weighted by atomic mass is 32.2. The first kappa shape index (κ1) is 32.1. The molecule has 1 unspecified atom stereocenters. The van der Waals surface area contributed by atoms with Gasteiger partial charge in [-0.3, -0.25) is 0 Å². The molecule has 0 aliphatic carbocycles. The number of hydrogen-bond donors (Lipinski definition) is 0. The van der Waals surface area contributed by atoms with Crippen molar-refractivity contribution in [2.45, 2.75) is 137 Å². The van der Waals surface area contributed by atoms with Crippen molar-refractivity contribution in [1.29, 1.82) is 0 Å². The highest BCUT2D eigenvalue weighted by Crippen LogP contribution is 2.38. The van der Waals surface area contributed by atoms with Crippen LogP contribution in [0, 0.1) is 5.92 Å². The molecular weight excluding hydrogens is 472 g/mol. The van der Waals surface area contributed by atoms with E-state index in [2.05, 4.69) is 67.5 Å². The van der Waals surface area contributed by atoms with E-state index in [0.29, 0.717) is 16.5 Å². The zero-order valence-corrected chi connectivity index (χ0v) is 25.4. The topological polar surface area (TPSA) is 43.4 Å². The van der Waals surface area contributed by atoms with Crippen LogP contribution in [0.5, 0.6) is 5.75 Å². The van der Waals surface area contributed by atoms with E-state index >= 15 is 0 Å². The van der Waals surface area contributed by atoms with Crippen molar-refractivity contribution in [2.75, 3.05) is 5.75 Å². The fourth-order valence-electron chi connectivity index (χ4n) is 4.38. The van der Waals surface area contributed by atoms with Crippen LogP contribution < -0.4 is 4.18 Å². The highest BCUT2D eigenvalue weighted by Gasteiger charge is 2.25. The van der Waals surface area contributed by atoms with E-state index in [1.807, 2.05) is 0 Å². The number of hydrogen-bond acceptors (Lipinski definition) is 4. The summed E-state index contributed by atoms with van der Waals surface area (Å²) in [4.78, 5) is 0.584. The molecule has 0 radical (unpaired) electrons. The summed E-state index contributed by atoms with van der Waals surface area (Å²) < 4.78 is 32.0. The first-order chi connectivity index (χ1) is 16.4. The number of unbranched alkanes of at least 4 members (excludes halogenated alkanes) is 8. The van der Waals surface area contributed by atoms with Gasteiger partial charge in [-0.2, -0.15) is 8.42 Å². The average molecular weight is 525 g/mol. The zero-order valence-electron chi connectivity index (χ0n) is 23.8. The lowest BCUT2D eigenvalue weighted by atomic mass is 9.88. The van der Waals surface area contributed by atoms with Gasteiger partial charge in [-0.05, 0) is 46.8 Å². The van der Waals surface area contributed by atoms with Crippen molar-refractivity contribution in [3.63, 3.8) is 0 Å². The van der Waals surface area contributed by atoms with Crippen LogP contribution in [0.15, 0.2) is 12.1 Å². The van der Waals surface area contributed by atoms with Crippen LogP contribution in [-0.2, 0) is 10.1 Å². The van der Waals surface area contributed by atoms with Gasteiger partial charge in [0.15, 0.2) is 0 Å². The summed E-state index contributed by atoms with van der Waals surface area (Å²) in [6.07, 6.45) is 12.5. The molecular formula is C30H52O3S2. The average Bonchev–Trinajstić information content (AvgIpc) is 2.76. The van der Waals surface area contributed by atoms with Crippen LogP contribution >= 0.6 is 12.2 Å². The van der Waals surface area contributed by atoms with Crippen LogP contribution in [0.25, 0.3) is 0 Å². The second kappa shape index (κ2) is 16.0. The maximum atomic E-state index is 13.1. The Balaban J connectivity index is 2.73. The fourth-order valence-corrected chi connectivity index (χ4v) is 6.07. The third-order valence-electron chi connectivity index (χ3n) is 6.90. The molecule has 1 aromatic rings. The van der Waals surface area contributed by atoms with Crippen LogP contribution in [-0.4, -0.2) is 19.0 Å². The zero-order chi connectivity index (χ0) is 26.6. The maximum absolute atomic E-state index is 13.1. The Morgan fingerprint density at radius 1 is 0.771 bits per heavy atom. The Kier molecular flexibility index (Phi) is 14.7. The van der Waals surface area contributed by atoms with Gasteiger partial charge in [0.25, 0.3) is 0 Å². The van der Waals surface area contributed by atoms with E-state index in [4.69, 9.17) is 16.4 Å². The van der Waals surface area contributed by atoms with E-state index in [9.17, 15) is 8.42 Å². The highest BCUT2D eigenvalue weighted by molar-refractivity contribution is 7.90. The minimum Gasteiger partial charge on any atom is -0.382 e. The summed E-state index contributed by atoms with van der Waals surface area (Å²) in [5.74, 6) is 1.11. The Hall–Kier alpha value is -0.940. The van der Waals surface area contributed by atoms with Gasteiger partial charge in [0.2, 0.25) is 0 Å². The van der Waals surface area contributed by atoms with Crippen molar-refractivity contribution in [3.8, 4) is 5.75 Å². The SMILES string of the molecule is CCCCCCCCCCCC(C)C(=S)CS(=O)(=O)Oc1c(C(C)C)cc(C(C)C)cc1C(C)C. The minimum atomic E-state index is -3.82. The van der Waals surface area contributed by atoms with Crippen molar-refractivity contribution < 1.29 is 12.6 Å². The lowest BCUT2D eigenvalue weighted by Crippen LogP contribution is -2.25. The lowest BCUT2D eigenvalue weighted by Gasteiger charge is -2.23. The van der Waals surface area contributed by atoms with Gasteiger partial charge in [0.05, 0.1) is 0 Å². The van der Waals surface area contributed by atoms with Crippen LogP contribution in [0.1, 0.15) is 154 Å². The molecule has 1 atom stereocenters. The molecule has 0 bridgehead atoms. The molecule has 3 nitrogen and oxygen atoms in total. The predicted octanol–water partition coefficient (Wildman–Crippen LogP) is 9.69. The molecule has 1 rings (SSSR count). The van der Waals surface area contributed by atoms with Crippen molar-refractivity contribution in [1.82, 2.24) is 0 Å². The summed E-state index contributed by atoms with van der Waals surface area (Å²) in [5, 5.41) is 0. The molecule has 35 heavy (non-hydrogen) atoms. The second-order valence-electron chi connectivity index (χ2n) is 11.3. The van der Waals surface area contributed by atoms with Crippen LogP contribution in [0.2, 0.25) is 0 Å². The van der Waals surface area contributed by atoms with E-state index < -0.39 is 10.1 Å². The molecule has 0 amide bonds.